The van der Waals surface area contributed by atoms with Crippen molar-refractivity contribution >= 4 is 59.9 Å². The van der Waals surface area contributed by atoms with Crippen LogP contribution in [0.4, 0.5) is 11.4 Å². The molecule has 2 amide bonds. The zero-order chi connectivity index (χ0) is 21.5. The lowest BCUT2D eigenvalue weighted by atomic mass is 10.1. The molecule has 0 spiro atoms. The summed E-state index contributed by atoms with van der Waals surface area (Å²) in [7, 11) is -3.82. The summed E-state index contributed by atoms with van der Waals surface area (Å²) in [6, 6.07) is 15.7. The maximum atomic E-state index is 12.9. The van der Waals surface area contributed by atoms with E-state index >= 15 is 0 Å². The maximum Gasteiger partial charge on any atom is 0.265 e. The van der Waals surface area contributed by atoms with Crippen LogP contribution in [0.2, 0.25) is 0 Å². The molecule has 2 N–H and O–H groups in total. The smallest absolute Gasteiger partial charge is 0.265 e. The normalized spacial score (nSPS) is 14.0. The van der Waals surface area contributed by atoms with Crippen LogP contribution in [-0.4, -0.2) is 33.3 Å². The Kier molecular flexibility index (Phi) is 5.25. The van der Waals surface area contributed by atoms with Crippen LogP contribution >= 0.6 is 15.9 Å². The number of amides is 2. The molecule has 3 aromatic rings. The number of carbonyl (C=O) groups excluding carboxylic acids is 2. The number of halogens is 1. The van der Waals surface area contributed by atoms with Gasteiger partial charge in [-0.15, -0.1) is 0 Å². The summed E-state index contributed by atoms with van der Waals surface area (Å²) in [4.78, 5) is 24.8. The third-order valence-electron chi connectivity index (χ3n) is 4.88. The average Bonchev–Trinajstić information content (AvgIpc) is 2.92. The van der Waals surface area contributed by atoms with E-state index in [-0.39, 0.29) is 11.4 Å². The molecule has 1 aliphatic rings. The second kappa shape index (κ2) is 7.73. The number of hydrogen-bond acceptors (Lipinski definition) is 4. The molecule has 9 heteroatoms. The predicted molar refractivity (Wildman–Crippen MR) is 119 cm³/mol. The van der Waals surface area contributed by atoms with Gasteiger partial charge >= 0.3 is 0 Å². The van der Waals surface area contributed by atoms with Gasteiger partial charge in [0, 0.05) is 15.5 Å². The molecule has 154 valence electrons. The summed E-state index contributed by atoms with van der Waals surface area (Å²) in [5.41, 5.74) is 1.98. The number of nitrogens with zero attached hydrogens (tertiary/aromatic N) is 1. The van der Waals surface area contributed by atoms with Gasteiger partial charge < -0.3 is 10.6 Å². The molecule has 1 heterocycles. The van der Waals surface area contributed by atoms with Gasteiger partial charge in [-0.2, -0.15) is 0 Å². The van der Waals surface area contributed by atoms with Crippen molar-refractivity contribution in [1.82, 2.24) is 5.32 Å². The molecule has 0 saturated carbocycles. The van der Waals surface area contributed by atoms with Gasteiger partial charge in [0.15, 0.2) is 0 Å². The van der Waals surface area contributed by atoms with Gasteiger partial charge in [-0.05, 0) is 48.2 Å². The van der Waals surface area contributed by atoms with E-state index in [1.165, 1.54) is 6.07 Å². The van der Waals surface area contributed by atoms with Crippen molar-refractivity contribution in [2.45, 2.75) is 11.8 Å². The summed E-state index contributed by atoms with van der Waals surface area (Å²) in [6.45, 7) is 1.19. The number of sulfonamides is 1. The van der Waals surface area contributed by atoms with Crippen LogP contribution in [0.25, 0.3) is 10.8 Å². The largest absolute Gasteiger partial charge is 0.345 e. The highest BCUT2D eigenvalue weighted by molar-refractivity contribution is 9.10. The first kappa shape index (κ1) is 20.4. The van der Waals surface area contributed by atoms with E-state index in [9.17, 15) is 18.0 Å². The lowest BCUT2D eigenvalue weighted by molar-refractivity contribution is -0.123. The Morgan fingerprint density at radius 1 is 1.03 bits per heavy atom. The SMILES string of the molecule is Cc1cc(Br)ccc1NC(=O)CNC(=O)CN1c2cccc3cccc(c23)S1(=O)=O. The number of nitrogens with one attached hydrogen (secondary N) is 2. The first-order valence-electron chi connectivity index (χ1n) is 9.14. The average molecular weight is 488 g/mol. The molecule has 0 fully saturated rings. The fourth-order valence-electron chi connectivity index (χ4n) is 3.46. The highest BCUT2D eigenvalue weighted by atomic mass is 79.9. The molecule has 0 unspecified atom stereocenters. The van der Waals surface area contributed by atoms with E-state index in [1.54, 1.807) is 30.3 Å². The minimum atomic E-state index is -3.82. The lowest BCUT2D eigenvalue weighted by Gasteiger charge is -2.18. The molecule has 7 nitrogen and oxygen atoms in total. The zero-order valence-corrected chi connectivity index (χ0v) is 18.4. The van der Waals surface area contributed by atoms with Crippen molar-refractivity contribution in [3.05, 3.63) is 64.6 Å². The Hall–Kier alpha value is -2.91. The van der Waals surface area contributed by atoms with E-state index in [2.05, 4.69) is 26.6 Å². The van der Waals surface area contributed by atoms with E-state index in [0.717, 1.165) is 19.7 Å². The number of anilines is 2. The third kappa shape index (κ3) is 3.66. The van der Waals surface area contributed by atoms with Crippen LogP contribution in [-0.2, 0) is 19.6 Å². The first-order valence-corrected chi connectivity index (χ1v) is 11.4. The van der Waals surface area contributed by atoms with E-state index < -0.39 is 28.4 Å². The van der Waals surface area contributed by atoms with Crippen LogP contribution in [0.1, 0.15) is 5.56 Å². The lowest BCUT2D eigenvalue weighted by Crippen LogP contribution is -2.41. The summed E-state index contributed by atoms with van der Waals surface area (Å²) < 4.78 is 27.8. The standard InChI is InChI=1S/C21H18BrN3O4S/c1-13-10-15(22)8-9-16(13)24-19(26)11-23-20(27)12-25-17-6-2-4-14-5-3-7-18(21(14)17)30(25,28)29/h2-10H,11-12H2,1H3,(H,23,27)(H,24,26). The van der Waals surface area contributed by atoms with E-state index in [1.807, 2.05) is 25.1 Å². The molecule has 1 aliphatic heterocycles. The first-order chi connectivity index (χ1) is 14.3. The molecule has 0 atom stereocenters. The Morgan fingerprint density at radius 2 is 1.77 bits per heavy atom. The van der Waals surface area contributed by atoms with Gasteiger partial charge in [0.1, 0.15) is 6.54 Å². The molecule has 3 aromatic carbocycles. The zero-order valence-electron chi connectivity index (χ0n) is 16.0. The summed E-state index contributed by atoms with van der Waals surface area (Å²) in [5.74, 6) is -0.963. The second-order valence-electron chi connectivity index (χ2n) is 6.93. The van der Waals surface area contributed by atoms with Crippen LogP contribution in [0, 0.1) is 6.92 Å². The summed E-state index contributed by atoms with van der Waals surface area (Å²) in [5, 5.41) is 6.62. The monoisotopic (exact) mass is 487 g/mol. The Balaban J connectivity index is 1.43. The second-order valence-corrected chi connectivity index (χ2v) is 9.67. The van der Waals surface area contributed by atoms with Crippen molar-refractivity contribution < 1.29 is 18.0 Å². The van der Waals surface area contributed by atoms with Gasteiger partial charge in [0.2, 0.25) is 11.8 Å². The van der Waals surface area contributed by atoms with Gasteiger partial charge in [0.25, 0.3) is 10.0 Å². The molecular formula is C21H18BrN3O4S. The molecule has 0 bridgehead atoms. The number of carbonyl (C=O) groups is 2. The Labute approximate surface area is 182 Å². The van der Waals surface area contributed by atoms with Crippen LogP contribution < -0.4 is 14.9 Å². The van der Waals surface area contributed by atoms with E-state index in [0.29, 0.717) is 16.8 Å². The minimum Gasteiger partial charge on any atom is -0.345 e. The quantitative estimate of drug-likeness (QED) is 0.577. The van der Waals surface area contributed by atoms with Gasteiger partial charge in [-0.3, -0.25) is 13.9 Å². The predicted octanol–water partition coefficient (Wildman–Crippen LogP) is 3.17. The molecule has 4 rings (SSSR count). The summed E-state index contributed by atoms with van der Waals surface area (Å²) in [6.07, 6.45) is 0. The highest BCUT2D eigenvalue weighted by Crippen LogP contribution is 2.41. The number of hydrogen-bond donors (Lipinski definition) is 2. The van der Waals surface area contributed by atoms with Crippen molar-refractivity contribution in [3.8, 4) is 0 Å². The minimum absolute atomic E-state index is 0.187. The van der Waals surface area contributed by atoms with Crippen LogP contribution in [0.3, 0.4) is 0 Å². The Bertz CT molecular complexity index is 1290. The van der Waals surface area contributed by atoms with Crippen molar-refractivity contribution in [2.24, 2.45) is 0 Å². The van der Waals surface area contributed by atoms with Crippen molar-refractivity contribution in [2.75, 3.05) is 22.7 Å². The molecule has 0 radical (unpaired) electrons. The number of aryl methyl sites for hydroxylation is 1. The van der Waals surface area contributed by atoms with Gasteiger partial charge in [-0.25, -0.2) is 8.42 Å². The van der Waals surface area contributed by atoms with E-state index in [4.69, 9.17) is 0 Å². The molecule has 0 aliphatic carbocycles. The van der Waals surface area contributed by atoms with Crippen LogP contribution in [0.5, 0.6) is 0 Å². The van der Waals surface area contributed by atoms with Gasteiger partial charge in [0.05, 0.1) is 17.1 Å². The fourth-order valence-corrected chi connectivity index (χ4v) is 5.60. The third-order valence-corrected chi connectivity index (χ3v) is 7.17. The molecule has 30 heavy (non-hydrogen) atoms. The van der Waals surface area contributed by atoms with Crippen LogP contribution in [0.15, 0.2) is 64.0 Å². The molecular weight excluding hydrogens is 470 g/mol. The highest BCUT2D eigenvalue weighted by Gasteiger charge is 2.36. The molecule has 0 saturated heterocycles. The Morgan fingerprint density at radius 3 is 2.50 bits per heavy atom. The fraction of sp³-hybridized carbons (Fsp3) is 0.143. The maximum absolute atomic E-state index is 12.9. The topological polar surface area (TPSA) is 95.6 Å². The van der Waals surface area contributed by atoms with Crippen molar-refractivity contribution in [3.63, 3.8) is 0 Å². The van der Waals surface area contributed by atoms with Crippen molar-refractivity contribution in [1.29, 1.82) is 0 Å². The molecule has 0 aromatic heterocycles. The van der Waals surface area contributed by atoms with Gasteiger partial charge in [-0.1, -0.05) is 40.2 Å². The summed E-state index contributed by atoms with van der Waals surface area (Å²) >= 11 is 3.36. The number of benzene rings is 3. The number of rotatable bonds is 5.